The fraction of sp³-hybridized carbons (Fsp3) is 0.625. The Kier molecular flexibility index (Phi) is 8.01. The fourth-order valence-corrected chi connectivity index (χ4v) is 5.72. The number of amides is 1. The molecule has 1 aromatic heterocycles. The van der Waals surface area contributed by atoms with Crippen molar-refractivity contribution in [1.82, 2.24) is 19.7 Å². The quantitative estimate of drug-likeness (QED) is 0.518. The lowest BCUT2D eigenvalue weighted by Crippen LogP contribution is -2.36. The van der Waals surface area contributed by atoms with Crippen molar-refractivity contribution in [2.24, 2.45) is 0 Å². The van der Waals surface area contributed by atoms with Gasteiger partial charge in [0.15, 0.2) is 22.5 Å². The molecule has 1 saturated carbocycles. The van der Waals surface area contributed by atoms with Crippen molar-refractivity contribution in [3.63, 3.8) is 0 Å². The Balaban J connectivity index is 1.66. The van der Waals surface area contributed by atoms with Gasteiger partial charge in [-0.15, -0.1) is 10.2 Å². The third-order valence-electron chi connectivity index (χ3n) is 6.56. The van der Waals surface area contributed by atoms with Gasteiger partial charge in [0, 0.05) is 24.7 Å². The molecule has 0 bridgehead atoms. The molecule has 4 rings (SSSR count). The largest absolute Gasteiger partial charge is 0.493 e. The van der Waals surface area contributed by atoms with Crippen LogP contribution in [0.5, 0.6) is 17.2 Å². The van der Waals surface area contributed by atoms with E-state index in [4.69, 9.17) is 14.2 Å². The molecule has 33 heavy (non-hydrogen) atoms. The van der Waals surface area contributed by atoms with Crippen molar-refractivity contribution in [3.8, 4) is 28.6 Å². The topological polar surface area (TPSA) is 78.7 Å². The minimum atomic E-state index is 0.187. The molecule has 1 amide bonds. The average Bonchev–Trinajstić information content (AvgIpc) is 3.31. The lowest BCUT2D eigenvalue weighted by atomic mass is 9.95. The van der Waals surface area contributed by atoms with E-state index in [2.05, 4.69) is 14.8 Å². The molecule has 1 saturated heterocycles. The smallest absolute Gasteiger partial charge is 0.233 e. The number of nitrogens with zero attached hydrogens (tertiary/aromatic N) is 4. The van der Waals surface area contributed by atoms with E-state index in [9.17, 15) is 4.79 Å². The predicted molar refractivity (Wildman–Crippen MR) is 128 cm³/mol. The Morgan fingerprint density at radius 2 is 1.58 bits per heavy atom. The van der Waals surface area contributed by atoms with Crippen molar-refractivity contribution in [2.75, 3.05) is 40.2 Å². The molecule has 0 N–H and O–H groups in total. The number of carbonyl (C=O) groups excluding carboxylic acids is 1. The number of ether oxygens (including phenoxy) is 3. The number of carbonyl (C=O) groups is 1. The Labute approximate surface area is 200 Å². The number of likely N-dealkylation sites (tertiary alicyclic amines) is 1. The summed E-state index contributed by atoms with van der Waals surface area (Å²) in [4.78, 5) is 14.8. The zero-order valence-electron chi connectivity index (χ0n) is 19.8. The van der Waals surface area contributed by atoms with Crippen molar-refractivity contribution < 1.29 is 19.0 Å². The number of methoxy groups -OCH3 is 3. The maximum Gasteiger partial charge on any atom is 0.233 e. The van der Waals surface area contributed by atoms with E-state index in [1.165, 1.54) is 37.4 Å². The first-order valence-corrected chi connectivity index (χ1v) is 12.8. The Bertz CT molecular complexity index is 927. The maximum absolute atomic E-state index is 12.8. The monoisotopic (exact) mass is 474 g/mol. The third-order valence-corrected chi connectivity index (χ3v) is 7.49. The standard InChI is InChI=1S/C24H34N4O4S/c1-30-19-14-17(15-20(31-2)22(19)32-3)23-25-26-24(28(23)18-10-6-4-7-11-18)33-16-21(29)27-12-8-5-9-13-27/h14-15,18H,4-13,16H2,1-3H3. The van der Waals surface area contributed by atoms with Gasteiger partial charge < -0.3 is 19.1 Å². The van der Waals surface area contributed by atoms with Gasteiger partial charge in [-0.1, -0.05) is 31.0 Å². The highest BCUT2D eigenvalue weighted by atomic mass is 32.2. The summed E-state index contributed by atoms with van der Waals surface area (Å²) < 4.78 is 18.8. The number of hydrogen-bond acceptors (Lipinski definition) is 7. The molecule has 1 aliphatic carbocycles. The second kappa shape index (κ2) is 11.1. The molecule has 2 heterocycles. The van der Waals surface area contributed by atoms with Crippen LogP contribution in [0.15, 0.2) is 17.3 Å². The van der Waals surface area contributed by atoms with Gasteiger partial charge in [0.05, 0.1) is 27.1 Å². The molecule has 180 valence electrons. The van der Waals surface area contributed by atoms with Gasteiger partial charge in [-0.25, -0.2) is 0 Å². The Morgan fingerprint density at radius 1 is 0.939 bits per heavy atom. The zero-order chi connectivity index (χ0) is 23.2. The summed E-state index contributed by atoms with van der Waals surface area (Å²) in [6.45, 7) is 1.73. The molecule has 0 radical (unpaired) electrons. The van der Waals surface area contributed by atoms with Crippen molar-refractivity contribution in [3.05, 3.63) is 12.1 Å². The lowest BCUT2D eigenvalue weighted by molar-refractivity contribution is -0.129. The van der Waals surface area contributed by atoms with Crippen molar-refractivity contribution >= 4 is 17.7 Å². The van der Waals surface area contributed by atoms with Crippen LogP contribution in [0.1, 0.15) is 57.4 Å². The molecule has 0 unspecified atom stereocenters. The predicted octanol–water partition coefficient (Wildman–Crippen LogP) is 4.58. The highest BCUT2D eigenvalue weighted by molar-refractivity contribution is 7.99. The summed E-state index contributed by atoms with van der Waals surface area (Å²) in [5.41, 5.74) is 0.858. The summed E-state index contributed by atoms with van der Waals surface area (Å²) in [5, 5.41) is 9.91. The van der Waals surface area contributed by atoms with Crippen LogP contribution >= 0.6 is 11.8 Å². The van der Waals surface area contributed by atoms with E-state index in [-0.39, 0.29) is 5.91 Å². The summed E-state index contributed by atoms with van der Waals surface area (Å²) in [6, 6.07) is 4.14. The van der Waals surface area contributed by atoms with Crippen LogP contribution < -0.4 is 14.2 Å². The number of benzene rings is 1. The van der Waals surface area contributed by atoms with Crippen molar-refractivity contribution in [1.29, 1.82) is 0 Å². The maximum atomic E-state index is 12.8. The number of aromatic nitrogens is 3. The van der Waals surface area contributed by atoms with Gasteiger partial charge >= 0.3 is 0 Å². The van der Waals surface area contributed by atoms with Gasteiger partial charge in [-0.05, 0) is 44.2 Å². The SMILES string of the molecule is COc1cc(-c2nnc(SCC(=O)N3CCCCC3)n2C2CCCCC2)cc(OC)c1OC. The van der Waals surface area contributed by atoms with E-state index in [0.717, 1.165) is 55.3 Å². The van der Waals surface area contributed by atoms with Crippen LogP contribution in [-0.4, -0.2) is 65.7 Å². The summed E-state index contributed by atoms with van der Waals surface area (Å²) in [5.74, 6) is 3.06. The van der Waals surface area contributed by atoms with Crippen LogP contribution in [-0.2, 0) is 4.79 Å². The minimum Gasteiger partial charge on any atom is -0.493 e. The van der Waals surface area contributed by atoms with E-state index in [0.29, 0.717) is 29.0 Å². The van der Waals surface area contributed by atoms with Crippen LogP contribution in [0.4, 0.5) is 0 Å². The zero-order valence-corrected chi connectivity index (χ0v) is 20.7. The molecule has 2 aromatic rings. The molecular weight excluding hydrogens is 440 g/mol. The molecule has 1 aliphatic heterocycles. The fourth-order valence-electron chi connectivity index (χ4n) is 4.81. The number of piperidine rings is 1. The minimum absolute atomic E-state index is 0.187. The first kappa shape index (κ1) is 23.7. The molecule has 0 atom stereocenters. The normalized spacial score (nSPS) is 17.1. The third kappa shape index (κ3) is 5.23. The molecule has 1 aromatic carbocycles. The first-order valence-electron chi connectivity index (χ1n) is 11.8. The number of rotatable bonds is 8. The van der Waals surface area contributed by atoms with E-state index in [1.807, 2.05) is 17.0 Å². The van der Waals surface area contributed by atoms with Gasteiger partial charge in [-0.2, -0.15) is 0 Å². The first-order chi connectivity index (χ1) is 16.2. The second-order valence-electron chi connectivity index (χ2n) is 8.61. The summed E-state index contributed by atoms with van der Waals surface area (Å²) in [7, 11) is 4.82. The molecule has 9 heteroatoms. The van der Waals surface area contributed by atoms with Crippen molar-refractivity contribution in [2.45, 2.75) is 62.6 Å². The Hall–Kier alpha value is -2.42. The lowest BCUT2D eigenvalue weighted by Gasteiger charge is -2.27. The Morgan fingerprint density at radius 3 is 2.18 bits per heavy atom. The van der Waals surface area contributed by atoms with Gasteiger partial charge in [0.1, 0.15) is 0 Å². The number of thioether (sulfide) groups is 1. The molecule has 2 fully saturated rings. The number of hydrogen-bond donors (Lipinski definition) is 0. The molecular formula is C24H34N4O4S. The molecule has 2 aliphatic rings. The van der Waals surface area contributed by atoms with Gasteiger partial charge in [0.2, 0.25) is 11.7 Å². The average molecular weight is 475 g/mol. The summed E-state index contributed by atoms with van der Waals surface area (Å²) in [6.07, 6.45) is 9.22. The van der Waals surface area contributed by atoms with Crippen LogP contribution in [0, 0.1) is 0 Å². The highest BCUT2D eigenvalue weighted by Gasteiger charge is 2.27. The van der Waals surface area contributed by atoms with E-state index in [1.54, 1.807) is 21.3 Å². The second-order valence-corrected chi connectivity index (χ2v) is 9.55. The molecule has 8 nitrogen and oxygen atoms in total. The van der Waals surface area contributed by atoms with Crippen LogP contribution in [0.2, 0.25) is 0 Å². The van der Waals surface area contributed by atoms with Gasteiger partial charge in [-0.3, -0.25) is 9.36 Å². The van der Waals surface area contributed by atoms with E-state index < -0.39 is 0 Å². The van der Waals surface area contributed by atoms with Gasteiger partial charge in [0.25, 0.3) is 0 Å². The van der Waals surface area contributed by atoms with Crippen LogP contribution in [0.25, 0.3) is 11.4 Å². The van der Waals surface area contributed by atoms with Crippen LogP contribution in [0.3, 0.4) is 0 Å². The highest BCUT2D eigenvalue weighted by Crippen LogP contribution is 2.43. The summed E-state index contributed by atoms with van der Waals surface area (Å²) >= 11 is 1.50. The van der Waals surface area contributed by atoms with E-state index >= 15 is 0 Å². The molecule has 0 spiro atoms.